The molecule has 20 heavy (non-hydrogen) atoms. The predicted octanol–water partition coefficient (Wildman–Crippen LogP) is 3.28. The van der Waals surface area contributed by atoms with Crippen molar-refractivity contribution in [1.29, 1.82) is 0 Å². The molecule has 3 nitrogen and oxygen atoms in total. The lowest BCUT2D eigenvalue weighted by Crippen LogP contribution is -2.28. The van der Waals surface area contributed by atoms with E-state index >= 15 is 0 Å². The third-order valence-corrected chi connectivity index (χ3v) is 4.74. The van der Waals surface area contributed by atoms with Crippen molar-refractivity contribution in [1.82, 2.24) is 10.9 Å². The van der Waals surface area contributed by atoms with Gasteiger partial charge in [0.05, 0.1) is 10.6 Å². The SMILES string of the molecule is CC1C=C(c2cc3c(s2)-c2cc(F)ccc2OC3)NN1. The second-order valence-electron chi connectivity index (χ2n) is 5.03. The second-order valence-corrected chi connectivity index (χ2v) is 6.08. The molecule has 0 saturated heterocycles. The molecule has 1 unspecified atom stereocenters. The van der Waals surface area contributed by atoms with Gasteiger partial charge in [-0.1, -0.05) is 0 Å². The van der Waals surface area contributed by atoms with Crippen molar-refractivity contribution in [3.63, 3.8) is 0 Å². The summed E-state index contributed by atoms with van der Waals surface area (Å²) < 4.78 is 19.1. The molecule has 0 amide bonds. The highest BCUT2D eigenvalue weighted by Crippen LogP contribution is 2.44. The summed E-state index contributed by atoms with van der Waals surface area (Å²) in [5, 5.41) is 0. The molecule has 0 radical (unpaired) electrons. The summed E-state index contributed by atoms with van der Waals surface area (Å²) in [6, 6.07) is 7.11. The number of nitrogens with one attached hydrogen (secondary N) is 2. The van der Waals surface area contributed by atoms with Crippen LogP contribution in [0.25, 0.3) is 16.1 Å². The van der Waals surface area contributed by atoms with Gasteiger partial charge in [0.25, 0.3) is 0 Å². The van der Waals surface area contributed by atoms with Crippen molar-refractivity contribution >= 4 is 17.0 Å². The zero-order valence-corrected chi connectivity index (χ0v) is 11.7. The standard InChI is InChI=1S/C15H13FN2OS/c1-8-4-12(18-17-8)14-5-9-7-19-13-3-2-10(16)6-11(13)15(9)20-14/h2-6,8,17-18H,7H2,1H3. The predicted molar refractivity (Wildman–Crippen MR) is 77.8 cm³/mol. The lowest BCUT2D eigenvalue weighted by atomic mass is 10.1. The molecule has 0 bridgehead atoms. The quantitative estimate of drug-likeness (QED) is 0.845. The number of halogens is 1. The van der Waals surface area contributed by atoms with Crippen molar-refractivity contribution < 1.29 is 9.13 Å². The topological polar surface area (TPSA) is 33.3 Å². The fourth-order valence-corrected chi connectivity index (χ4v) is 3.69. The first kappa shape index (κ1) is 11.9. The molecule has 2 aliphatic rings. The van der Waals surface area contributed by atoms with Crippen LogP contribution < -0.4 is 15.6 Å². The summed E-state index contributed by atoms with van der Waals surface area (Å²) in [5.41, 5.74) is 9.37. The minimum absolute atomic E-state index is 0.233. The van der Waals surface area contributed by atoms with E-state index in [0.717, 1.165) is 32.3 Å². The molecular weight excluding hydrogens is 275 g/mol. The molecule has 1 aromatic heterocycles. The lowest BCUT2D eigenvalue weighted by Gasteiger charge is -2.17. The number of thiophene rings is 1. The molecule has 102 valence electrons. The van der Waals surface area contributed by atoms with Crippen LogP contribution in [0.15, 0.2) is 30.3 Å². The molecule has 0 saturated carbocycles. The Balaban J connectivity index is 1.82. The van der Waals surface area contributed by atoms with Gasteiger partial charge in [-0.05, 0) is 37.3 Å². The highest BCUT2D eigenvalue weighted by Gasteiger charge is 2.23. The van der Waals surface area contributed by atoms with Gasteiger partial charge in [0, 0.05) is 22.0 Å². The summed E-state index contributed by atoms with van der Waals surface area (Å²) >= 11 is 1.67. The van der Waals surface area contributed by atoms with Crippen LogP contribution in [0.1, 0.15) is 17.4 Å². The summed E-state index contributed by atoms with van der Waals surface area (Å²) in [7, 11) is 0. The molecular formula is C15H13FN2OS. The average molecular weight is 288 g/mol. The highest BCUT2D eigenvalue weighted by molar-refractivity contribution is 7.16. The van der Waals surface area contributed by atoms with E-state index in [1.54, 1.807) is 23.5 Å². The Bertz CT molecular complexity index is 723. The Morgan fingerprint density at radius 2 is 2.25 bits per heavy atom. The van der Waals surface area contributed by atoms with E-state index in [2.05, 4.69) is 29.9 Å². The van der Waals surface area contributed by atoms with Crippen LogP contribution in [0.2, 0.25) is 0 Å². The lowest BCUT2D eigenvalue weighted by molar-refractivity contribution is 0.302. The van der Waals surface area contributed by atoms with Gasteiger partial charge in [0.2, 0.25) is 0 Å². The summed E-state index contributed by atoms with van der Waals surface area (Å²) in [6.45, 7) is 2.63. The van der Waals surface area contributed by atoms with Crippen molar-refractivity contribution in [2.24, 2.45) is 0 Å². The molecule has 0 spiro atoms. The maximum atomic E-state index is 13.5. The van der Waals surface area contributed by atoms with Gasteiger partial charge in [-0.3, -0.25) is 0 Å². The normalized spacial score (nSPS) is 19.7. The average Bonchev–Trinajstić information content (AvgIpc) is 3.04. The molecule has 1 atom stereocenters. The van der Waals surface area contributed by atoms with Crippen molar-refractivity contribution in [3.05, 3.63) is 46.6 Å². The van der Waals surface area contributed by atoms with Crippen LogP contribution in [0.3, 0.4) is 0 Å². The summed E-state index contributed by atoms with van der Waals surface area (Å²) in [5.74, 6) is 0.524. The van der Waals surface area contributed by atoms with E-state index in [9.17, 15) is 4.39 Å². The number of hydrogen-bond donors (Lipinski definition) is 2. The van der Waals surface area contributed by atoms with Crippen LogP contribution in [-0.2, 0) is 6.61 Å². The number of hydrogen-bond acceptors (Lipinski definition) is 4. The Labute approximate surface area is 120 Å². The monoisotopic (exact) mass is 288 g/mol. The van der Waals surface area contributed by atoms with E-state index in [-0.39, 0.29) is 5.82 Å². The van der Waals surface area contributed by atoms with Crippen LogP contribution in [0.4, 0.5) is 4.39 Å². The Hall–Kier alpha value is -1.85. The molecule has 0 fully saturated rings. The maximum absolute atomic E-state index is 13.5. The summed E-state index contributed by atoms with van der Waals surface area (Å²) in [6.07, 6.45) is 2.14. The van der Waals surface area contributed by atoms with E-state index in [0.29, 0.717) is 12.6 Å². The van der Waals surface area contributed by atoms with Gasteiger partial charge in [0.15, 0.2) is 0 Å². The van der Waals surface area contributed by atoms with Crippen molar-refractivity contribution in [2.75, 3.05) is 0 Å². The second kappa shape index (κ2) is 4.33. The Morgan fingerprint density at radius 3 is 3.05 bits per heavy atom. The van der Waals surface area contributed by atoms with Crippen molar-refractivity contribution in [3.8, 4) is 16.2 Å². The van der Waals surface area contributed by atoms with Gasteiger partial charge >= 0.3 is 0 Å². The number of hydrazine groups is 1. The summed E-state index contributed by atoms with van der Waals surface area (Å²) in [4.78, 5) is 2.25. The molecule has 5 heteroatoms. The molecule has 2 aliphatic heterocycles. The largest absolute Gasteiger partial charge is 0.488 e. The van der Waals surface area contributed by atoms with E-state index in [4.69, 9.17) is 4.74 Å². The minimum Gasteiger partial charge on any atom is -0.488 e. The molecule has 2 N–H and O–H groups in total. The van der Waals surface area contributed by atoms with E-state index in [1.807, 2.05) is 0 Å². The zero-order chi connectivity index (χ0) is 13.7. The number of rotatable bonds is 1. The van der Waals surface area contributed by atoms with Crippen LogP contribution in [0, 0.1) is 5.82 Å². The van der Waals surface area contributed by atoms with Gasteiger partial charge in [-0.25, -0.2) is 9.82 Å². The first-order valence-corrected chi connectivity index (χ1v) is 7.31. The van der Waals surface area contributed by atoms with Gasteiger partial charge in [-0.15, -0.1) is 11.3 Å². The fourth-order valence-electron chi connectivity index (χ4n) is 2.53. The molecule has 4 rings (SSSR count). The third-order valence-electron chi connectivity index (χ3n) is 3.50. The zero-order valence-electron chi connectivity index (χ0n) is 10.9. The minimum atomic E-state index is -0.233. The fraction of sp³-hybridized carbons (Fsp3) is 0.200. The maximum Gasteiger partial charge on any atom is 0.128 e. The van der Waals surface area contributed by atoms with Crippen LogP contribution >= 0.6 is 11.3 Å². The highest BCUT2D eigenvalue weighted by atomic mass is 32.1. The third kappa shape index (κ3) is 1.82. The number of fused-ring (bicyclic) bond motifs is 3. The molecule has 3 heterocycles. The number of ether oxygens (including phenoxy) is 1. The Kier molecular flexibility index (Phi) is 2.58. The van der Waals surface area contributed by atoms with E-state index < -0.39 is 0 Å². The smallest absolute Gasteiger partial charge is 0.128 e. The molecule has 2 aromatic rings. The van der Waals surface area contributed by atoms with E-state index in [1.165, 1.54) is 6.07 Å². The van der Waals surface area contributed by atoms with Gasteiger partial charge < -0.3 is 10.2 Å². The van der Waals surface area contributed by atoms with Crippen LogP contribution in [-0.4, -0.2) is 6.04 Å². The van der Waals surface area contributed by atoms with Crippen LogP contribution in [0.5, 0.6) is 5.75 Å². The van der Waals surface area contributed by atoms with Gasteiger partial charge in [0.1, 0.15) is 18.2 Å². The number of benzene rings is 1. The first-order valence-electron chi connectivity index (χ1n) is 6.50. The molecule has 1 aromatic carbocycles. The Morgan fingerprint density at radius 1 is 1.35 bits per heavy atom. The van der Waals surface area contributed by atoms with Crippen molar-refractivity contribution in [2.45, 2.75) is 19.6 Å². The molecule has 0 aliphatic carbocycles. The first-order chi connectivity index (χ1) is 9.70. The van der Waals surface area contributed by atoms with Gasteiger partial charge in [-0.2, -0.15) is 0 Å².